The van der Waals surface area contributed by atoms with Gasteiger partial charge >= 0.3 is 7.82 Å². The molecule has 0 atom stereocenters. The first-order valence-electron chi connectivity index (χ1n) is 12.9. The molecule has 0 fully saturated rings. The van der Waals surface area contributed by atoms with E-state index in [4.69, 9.17) is 25.2 Å². The second kappa shape index (κ2) is 12.8. The molecule has 0 aliphatic rings. The molecular formula is C29H38ClN2O6P. The number of phosphoric ester groups is 1. The molecule has 2 N–H and O–H groups in total. The maximum atomic E-state index is 13.2. The Kier molecular flexibility index (Phi) is 10.2. The summed E-state index contributed by atoms with van der Waals surface area (Å²) in [6.45, 7) is 11.3. The van der Waals surface area contributed by atoms with E-state index in [1.54, 1.807) is 59.9 Å². The molecule has 1 amide bonds. The van der Waals surface area contributed by atoms with Crippen molar-refractivity contribution < 1.29 is 22.9 Å². The number of fused-ring (bicyclic) bond motifs is 1. The first kappa shape index (κ1) is 31.1. The summed E-state index contributed by atoms with van der Waals surface area (Å²) in [6.07, 6.45) is 2.68. The maximum absolute atomic E-state index is 13.2. The van der Waals surface area contributed by atoms with Gasteiger partial charge in [0.1, 0.15) is 0 Å². The van der Waals surface area contributed by atoms with E-state index >= 15 is 0 Å². The number of nitrogens with one attached hydrogen (secondary N) is 2. The number of aromatic nitrogens is 1. The van der Waals surface area contributed by atoms with Crippen molar-refractivity contribution in [1.29, 1.82) is 0 Å². The van der Waals surface area contributed by atoms with Crippen LogP contribution in [0.2, 0.25) is 5.02 Å². The molecule has 0 radical (unpaired) electrons. The normalized spacial score (nSPS) is 12.6. The fourth-order valence-corrected chi connectivity index (χ4v) is 5.79. The Morgan fingerprint density at radius 1 is 0.974 bits per heavy atom. The maximum Gasteiger partial charge on any atom is 0.475 e. The van der Waals surface area contributed by atoms with Crippen LogP contribution in [0, 0.1) is 0 Å². The first-order valence-corrected chi connectivity index (χ1v) is 14.8. The lowest BCUT2D eigenvalue weighted by Gasteiger charge is -2.30. The van der Waals surface area contributed by atoms with Gasteiger partial charge in [-0.25, -0.2) is 4.57 Å². The number of pyridine rings is 1. The van der Waals surface area contributed by atoms with Crippen molar-refractivity contribution in [2.24, 2.45) is 0 Å². The average Bonchev–Trinajstić information content (AvgIpc) is 2.81. The number of aryl methyl sites for hydroxylation is 1. The molecule has 0 saturated carbocycles. The number of aromatic amines is 1. The summed E-state index contributed by atoms with van der Waals surface area (Å²) < 4.78 is 30.1. The van der Waals surface area contributed by atoms with Crippen molar-refractivity contribution in [1.82, 2.24) is 10.3 Å². The fraction of sp³-hybridized carbons (Fsp3) is 0.448. The molecule has 0 aliphatic carbocycles. The highest BCUT2D eigenvalue weighted by Crippen LogP contribution is 2.55. The molecule has 0 spiro atoms. The molecule has 1 heterocycles. The van der Waals surface area contributed by atoms with Crippen LogP contribution in [0.4, 0.5) is 0 Å². The molecular weight excluding hydrogens is 539 g/mol. The number of amides is 1. The van der Waals surface area contributed by atoms with Crippen LogP contribution >= 0.6 is 19.4 Å². The number of benzene rings is 2. The highest BCUT2D eigenvalue weighted by molar-refractivity contribution is 7.48. The SMILES string of the molecule is CC(C)(C)OP(=O)(OCCCc1ccc2[nH]cc(CC(=O)NCc3ccc(Cl)cc3)c(=O)c2c1)OC(C)(C)C. The van der Waals surface area contributed by atoms with Crippen LogP contribution in [0.25, 0.3) is 10.9 Å². The largest absolute Gasteiger partial charge is 0.475 e. The zero-order valence-corrected chi connectivity index (χ0v) is 25.1. The first-order chi connectivity index (χ1) is 18.1. The number of rotatable bonds is 11. The molecule has 0 bridgehead atoms. The zero-order chi connectivity index (χ0) is 28.8. The number of hydrogen-bond acceptors (Lipinski definition) is 6. The molecule has 0 unspecified atom stereocenters. The lowest BCUT2D eigenvalue weighted by Crippen LogP contribution is -2.27. The minimum absolute atomic E-state index is 0.0340. The minimum Gasteiger partial charge on any atom is -0.361 e. The highest BCUT2D eigenvalue weighted by Gasteiger charge is 2.36. The molecule has 2 aromatic carbocycles. The Bertz CT molecular complexity index is 1370. The summed E-state index contributed by atoms with van der Waals surface area (Å²) in [5, 5.41) is 3.97. The van der Waals surface area contributed by atoms with E-state index in [-0.39, 0.29) is 24.4 Å². The molecule has 39 heavy (non-hydrogen) atoms. The third kappa shape index (κ3) is 10.2. The molecule has 212 valence electrons. The van der Waals surface area contributed by atoms with Crippen LogP contribution in [0.1, 0.15) is 64.7 Å². The van der Waals surface area contributed by atoms with Crippen molar-refractivity contribution in [2.45, 2.75) is 78.6 Å². The van der Waals surface area contributed by atoms with Crippen molar-refractivity contribution in [3.63, 3.8) is 0 Å². The lowest BCUT2D eigenvalue weighted by atomic mass is 10.0. The van der Waals surface area contributed by atoms with Gasteiger partial charge in [-0.15, -0.1) is 0 Å². The van der Waals surface area contributed by atoms with Gasteiger partial charge in [-0.05, 0) is 89.8 Å². The van der Waals surface area contributed by atoms with Crippen LogP contribution in [0.5, 0.6) is 0 Å². The Balaban J connectivity index is 1.62. The molecule has 10 heteroatoms. The fourth-order valence-electron chi connectivity index (χ4n) is 3.83. The van der Waals surface area contributed by atoms with Crippen LogP contribution in [-0.2, 0) is 42.3 Å². The quantitative estimate of drug-likeness (QED) is 0.194. The van der Waals surface area contributed by atoms with Gasteiger partial charge in [-0.1, -0.05) is 29.8 Å². The Labute approximate surface area is 235 Å². The Morgan fingerprint density at radius 3 is 2.21 bits per heavy atom. The van der Waals surface area contributed by atoms with Gasteiger partial charge in [0.25, 0.3) is 0 Å². The van der Waals surface area contributed by atoms with Gasteiger partial charge in [0, 0.05) is 34.2 Å². The second-order valence-corrected chi connectivity index (χ2v) is 13.3. The van der Waals surface area contributed by atoms with Crippen molar-refractivity contribution in [3.05, 3.63) is 80.6 Å². The van der Waals surface area contributed by atoms with E-state index in [0.717, 1.165) is 11.1 Å². The smallest absolute Gasteiger partial charge is 0.361 e. The van der Waals surface area contributed by atoms with Crippen LogP contribution < -0.4 is 10.7 Å². The van der Waals surface area contributed by atoms with Crippen LogP contribution in [0.15, 0.2) is 53.5 Å². The van der Waals surface area contributed by atoms with Gasteiger partial charge in [0.05, 0.1) is 24.2 Å². The van der Waals surface area contributed by atoms with Gasteiger partial charge in [0.2, 0.25) is 5.91 Å². The molecule has 3 aromatic rings. The number of phosphoric acid groups is 1. The molecule has 1 aromatic heterocycles. The van der Waals surface area contributed by atoms with E-state index in [1.807, 2.05) is 30.3 Å². The highest BCUT2D eigenvalue weighted by atomic mass is 35.5. The molecule has 0 saturated heterocycles. The summed E-state index contributed by atoms with van der Waals surface area (Å²) >= 11 is 5.90. The predicted octanol–water partition coefficient (Wildman–Crippen LogP) is 6.73. The van der Waals surface area contributed by atoms with E-state index in [2.05, 4.69) is 10.3 Å². The zero-order valence-electron chi connectivity index (χ0n) is 23.4. The summed E-state index contributed by atoms with van der Waals surface area (Å²) in [4.78, 5) is 28.7. The average molecular weight is 577 g/mol. The lowest BCUT2D eigenvalue weighted by molar-refractivity contribution is -0.120. The van der Waals surface area contributed by atoms with Gasteiger partial charge in [-0.3, -0.25) is 23.2 Å². The van der Waals surface area contributed by atoms with Crippen molar-refractivity contribution >= 4 is 36.2 Å². The number of halogens is 1. The molecule has 0 aliphatic heterocycles. The number of carbonyl (C=O) groups is 1. The van der Waals surface area contributed by atoms with Gasteiger partial charge in [0.15, 0.2) is 5.43 Å². The topological polar surface area (TPSA) is 107 Å². The third-order valence-corrected chi connectivity index (χ3v) is 7.70. The number of hydrogen-bond donors (Lipinski definition) is 2. The van der Waals surface area contributed by atoms with Gasteiger partial charge in [-0.2, -0.15) is 0 Å². The second-order valence-electron chi connectivity index (χ2n) is 11.4. The Morgan fingerprint density at radius 2 is 1.59 bits per heavy atom. The van der Waals surface area contributed by atoms with E-state index in [9.17, 15) is 14.2 Å². The van der Waals surface area contributed by atoms with E-state index < -0.39 is 19.0 Å². The third-order valence-electron chi connectivity index (χ3n) is 5.41. The van der Waals surface area contributed by atoms with Crippen molar-refractivity contribution in [3.8, 4) is 0 Å². The molecule has 8 nitrogen and oxygen atoms in total. The summed E-state index contributed by atoms with van der Waals surface area (Å²) in [7, 11) is -3.78. The van der Waals surface area contributed by atoms with Crippen molar-refractivity contribution in [2.75, 3.05) is 6.61 Å². The Hall–Kier alpha value is -2.48. The van der Waals surface area contributed by atoms with Crippen LogP contribution in [0.3, 0.4) is 0 Å². The number of carbonyl (C=O) groups excluding carboxylic acids is 1. The summed E-state index contributed by atoms with van der Waals surface area (Å²) in [5.74, 6) is -0.248. The monoisotopic (exact) mass is 576 g/mol. The van der Waals surface area contributed by atoms with Gasteiger partial charge < -0.3 is 10.3 Å². The summed E-state index contributed by atoms with van der Waals surface area (Å²) in [5.41, 5.74) is 1.31. The molecule has 3 rings (SSSR count). The predicted molar refractivity (Wildman–Crippen MR) is 155 cm³/mol. The van der Waals surface area contributed by atoms with Crippen LogP contribution in [-0.4, -0.2) is 28.7 Å². The van der Waals surface area contributed by atoms with E-state index in [0.29, 0.717) is 40.9 Å². The van der Waals surface area contributed by atoms with E-state index in [1.165, 1.54) is 0 Å². The number of H-pyrrole nitrogens is 1. The minimum atomic E-state index is -3.78. The standard InChI is InChI=1S/C29H38ClN2O6P/c1-28(2,3)37-39(35,38-29(4,5)6)36-15-7-8-20-11-14-25-24(16-20)27(34)22(19-31-25)17-26(33)32-18-21-9-12-23(30)13-10-21/h9-14,16,19H,7-8,15,17-18H2,1-6H3,(H,31,34)(H,32,33). The summed E-state index contributed by atoms with van der Waals surface area (Å²) in [6, 6.07) is 12.8.